The van der Waals surface area contributed by atoms with Crippen LogP contribution in [0.2, 0.25) is 0 Å². The summed E-state index contributed by atoms with van der Waals surface area (Å²) < 4.78 is 38.3. The fraction of sp³-hybridized carbons (Fsp3) is 0.667. The molecule has 1 amide bonds. The quantitative estimate of drug-likeness (QED) is 0.881. The molecule has 112 valence electrons. The van der Waals surface area contributed by atoms with E-state index in [0.29, 0.717) is 6.42 Å². The third-order valence-corrected chi connectivity index (χ3v) is 3.51. The Balaban J connectivity index is 1.93. The average molecular weight is 291 g/mol. The zero-order valence-electron chi connectivity index (χ0n) is 10.8. The third-order valence-electron chi connectivity index (χ3n) is 3.51. The first-order chi connectivity index (χ1) is 9.32. The van der Waals surface area contributed by atoms with E-state index >= 15 is 0 Å². The van der Waals surface area contributed by atoms with Crippen LogP contribution >= 0.6 is 0 Å². The van der Waals surface area contributed by atoms with Crippen molar-refractivity contribution < 1.29 is 23.1 Å². The molecule has 1 aromatic rings. The number of β-amino-alcohol motifs (C(OH)–C–C–N with tert-alkyl or cyclic N) is 1. The van der Waals surface area contributed by atoms with E-state index in [0.717, 1.165) is 10.6 Å². The SMILES string of the molecule is O=C(CCc1cnc[nH]1)N1CCCC(O)(C(F)(F)F)C1. The van der Waals surface area contributed by atoms with Crippen LogP contribution in [0.3, 0.4) is 0 Å². The summed E-state index contributed by atoms with van der Waals surface area (Å²) in [7, 11) is 0. The fourth-order valence-electron chi connectivity index (χ4n) is 2.30. The summed E-state index contributed by atoms with van der Waals surface area (Å²) in [5.74, 6) is -0.387. The predicted molar refractivity (Wildman–Crippen MR) is 63.7 cm³/mol. The minimum Gasteiger partial charge on any atom is -0.379 e. The van der Waals surface area contributed by atoms with Gasteiger partial charge in [0.25, 0.3) is 0 Å². The normalized spacial score (nSPS) is 23.9. The number of amides is 1. The second-order valence-electron chi connectivity index (χ2n) is 5.03. The summed E-state index contributed by atoms with van der Waals surface area (Å²) in [6.45, 7) is -0.432. The molecule has 1 aliphatic heterocycles. The van der Waals surface area contributed by atoms with Crippen molar-refractivity contribution in [3.05, 3.63) is 18.2 Å². The first-order valence-electron chi connectivity index (χ1n) is 6.36. The van der Waals surface area contributed by atoms with E-state index in [2.05, 4.69) is 9.97 Å². The molecule has 1 aliphatic rings. The average Bonchev–Trinajstić information content (AvgIpc) is 2.88. The maximum absolute atomic E-state index is 12.8. The van der Waals surface area contributed by atoms with Crippen LogP contribution in [0.4, 0.5) is 13.2 Å². The van der Waals surface area contributed by atoms with Crippen LogP contribution in [0.5, 0.6) is 0 Å². The van der Waals surface area contributed by atoms with Crippen LogP contribution in [-0.4, -0.2) is 50.7 Å². The predicted octanol–water partition coefficient (Wildman–Crippen LogP) is 1.26. The van der Waals surface area contributed by atoms with Crippen LogP contribution < -0.4 is 0 Å². The molecule has 1 unspecified atom stereocenters. The fourth-order valence-corrected chi connectivity index (χ4v) is 2.30. The molecule has 0 radical (unpaired) electrons. The van der Waals surface area contributed by atoms with E-state index in [9.17, 15) is 23.1 Å². The summed E-state index contributed by atoms with van der Waals surface area (Å²) in [4.78, 5) is 19.6. The summed E-state index contributed by atoms with van der Waals surface area (Å²) >= 11 is 0. The largest absolute Gasteiger partial charge is 0.418 e. The molecule has 0 bridgehead atoms. The molecule has 0 aromatic carbocycles. The summed E-state index contributed by atoms with van der Waals surface area (Å²) in [5.41, 5.74) is -2.03. The van der Waals surface area contributed by atoms with E-state index in [4.69, 9.17) is 0 Å². The van der Waals surface area contributed by atoms with Gasteiger partial charge >= 0.3 is 6.18 Å². The number of nitrogens with one attached hydrogen (secondary N) is 1. The van der Waals surface area contributed by atoms with Gasteiger partial charge < -0.3 is 15.0 Å². The highest BCUT2D eigenvalue weighted by Gasteiger charge is 2.55. The number of aliphatic hydroxyl groups is 1. The molecule has 1 saturated heterocycles. The highest BCUT2D eigenvalue weighted by atomic mass is 19.4. The van der Waals surface area contributed by atoms with Crippen molar-refractivity contribution in [3.63, 3.8) is 0 Å². The first-order valence-corrected chi connectivity index (χ1v) is 6.36. The lowest BCUT2D eigenvalue weighted by molar-refractivity contribution is -0.272. The van der Waals surface area contributed by atoms with Crippen LogP contribution in [0.1, 0.15) is 25.0 Å². The molecule has 5 nitrogen and oxygen atoms in total. The second-order valence-corrected chi connectivity index (χ2v) is 5.03. The molecule has 2 N–H and O–H groups in total. The minimum absolute atomic E-state index is 0.0934. The van der Waals surface area contributed by atoms with Gasteiger partial charge in [-0.1, -0.05) is 0 Å². The van der Waals surface area contributed by atoms with Gasteiger partial charge in [0.2, 0.25) is 5.91 Å². The van der Waals surface area contributed by atoms with Crippen molar-refractivity contribution in [1.82, 2.24) is 14.9 Å². The smallest absolute Gasteiger partial charge is 0.379 e. The molecule has 1 atom stereocenters. The van der Waals surface area contributed by atoms with Crippen LogP contribution in [0, 0.1) is 0 Å². The number of aryl methyl sites for hydroxylation is 1. The molecule has 1 fully saturated rings. The van der Waals surface area contributed by atoms with Gasteiger partial charge in [-0.25, -0.2) is 4.98 Å². The number of piperidine rings is 1. The third kappa shape index (κ3) is 3.12. The van der Waals surface area contributed by atoms with Gasteiger partial charge in [-0.3, -0.25) is 4.79 Å². The van der Waals surface area contributed by atoms with Crippen molar-refractivity contribution in [3.8, 4) is 0 Å². The van der Waals surface area contributed by atoms with E-state index < -0.39 is 18.3 Å². The maximum Gasteiger partial charge on any atom is 0.418 e. The van der Waals surface area contributed by atoms with Gasteiger partial charge in [-0.2, -0.15) is 13.2 Å². The molecular formula is C12H16F3N3O2. The second kappa shape index (κ2) is 5.43. The number of nitrogens with zero attached hydrogens (tertiary/aromatic N) is 2. The van der Waals surface area contributed by atoms with Gasteiger partial charge in [-0.15, -0.1) is 0 Å². The molecule has 8 heteroatoms. The number of halogens is 3. The number of carbonyl (C=O) groups excluding carboxylic acids is 1. The lowest BCUT2D eigenvalue weighted by Gasteiger charge is -2.40. The van der Waals surface area contributed by atoms with Crippen molar-refractivity contribution in [2.45, 2.75) is 37.5 Å². The number of hydrogen-bond acceptors (Lipinski definition) is 3. The van der Waals surface area contributed by atoms with Crippen LogP contribution in [0.15, 0.2) is 12.5 Å². The van der Waals surface area contributed by atoms with Gasteiger partial charge in [0.05, 0.1) is 12.9 Å². The van der Waals surface area contributed by atoms with Crippen molar-refractivity contribution in [1.29, 1.82) is 0 Å². The molecule has 1 aromatic heterocycles. The first kappa shape index (κ1) is 14.8. The van der Waals surface area contributed by atoms with Gasteiger partial charge in [-0.05, 0) is 19.3 Å². The van der Waals surface area contributed by atoms with E-state index in [1.165, 1.54) is 6.33 Å². The van der Waals surface area contributed by atoms with Gasteiger partial charge in [0.1, 0.15) is 0 Å². The molecule has 0 spiro atoms. The number of hydrogen-bond donors (Lipinski definition) is 2. The van der Waals surface area contributed by atoms with E-state index in [-0.39, 0.29) is 31.7 Å². The Morgan fingerprint density at radius 3 is 2.90 bits per heavy atom. The number of rotatable bonds is 3. The molecule has 0 aliphatic carbocycles. The monoisotopic (exact) mass is 291 g/mol. The highest BCUT2D eigenvalue weighted by Crippen LogP contribution is 2.37. The van der Waals surface area contributed by atoms with E-state index in [1.54, 1.807) is 6.20 Å². The number of H-pyrrole nitrogens is 1. The zero-order chi connectivity index (χ0) is 14.8. The number of likely N-dealkylation sites (tertiary alicyclic amines) is 1. The molecule has 20 heavy (non-hydrogen) atoms. The van der Waals surface area contributed by atoms with Crippen molar-refractivity contribution in [2.75, 3.05) is 13.1 Å². The number of aromatic nitrogens is 2. The zero-order valence-corrected chi connectivity index (χ0v) is 10.8. The summed E-state index contributed by atoms with van der Waals surface area (Å²) in [6, 6.07) is 0. The number of carbonyl (C=O) groups is 1. The molecular weight excluding hydrogens is 275 g/mol. The topological polar surface area (TPSA) is 69.2 Å². The Morgan fingerprint density at radius 2 is 2.30 bits per heavy atom. The summed E-state index contributed by atoms with van der Waals surface area (Å²) in [6.07, 6.45) is -1.41. The van der Waals surface area contributed by atoms with Crippen molar-refractivity contribution >= 4 is 5.91 Å². The maximum atomic E-state index is 12.8. The van der Waals surface area contributed by atoms with Gasteiger partial charge in [0, 0.05) is 24.9 Å². The van der Waals surface area contributed by atoms with Crippen molar-refractivity contribution in [2.24, 2.45) is 0 Å². The Labute approximate surface area is 113 Å². The van der Waals surface area contributed by atoms with Crippen LogP contribution in [0.25, 0.3) is 0 Å². The molecule has 2 rings (SSSR count). The standard InChI is InChI=1S/C12H16F3N3O2/c13-12(14,15)11(20)4-1-5-18(7-11)10(19)3-2-9-6-16-8-17-9/h6,8,20H,1-5,7H2,(H,16,17). The summed E-state index contributed by atoms with van der Waals surface area (Å²) in [5, 5.41) is 9.64. The van der Waals surface area contributed by atoms with E-state index in [1.807, 2.05) is 0 Å². The Bertz CT molecular complexity index is 461. The van der Waals surface area contributed by atoms with Crippen LogP contribution in [-0.2, 0) is 11.2 Å². The Morgan fingerprint density at radius 1 is 1.55 bits per heavy atom. The number of aromatic amines is 1. The number of imidazole rings is 1. The Kier molecular flexibility index (Phi) is 4.03. The lowest BCUT2D eigenvalue weighted by atomic mass is 9.92. The number of alkyl halides is 3. The highest BCUT2D eigenvalue weighted by molar-refractivity contribution is 5.76. The molecule has 2 heterocycles. The minimum atomic E-state index is -4.71. The lowest BCUT2D eigenvalue weighted by Crippen LogP contribution is -2.58. The molecule has 0 saturated carbocycles. The Hall–Kier alpha value is -1.57. The van der Waals surface area contributed by atoms with Gasteiger partial charge in [0.15, 0.2) is 5.60 Å².